The van der Waals surface area contributed by atoms with Crippen molar-refractivity contribution >= 4 is 21.3 Å². The molecule has 1 aliphatic carbocycles. The number of rotatable bonds is 4. The number of benzene rings is 1. The van der Waals surface area contributed by atoms with Crippen LogP contribution in [0.4, 0.5) is 5.69 Å². The van der Waals surface area contributed by atoms with E-state index >= 15 is 0 Å². The van der Waals surface area contributed by atoms with Crippen LogP contribution in [-0.4, -0.2) is 43.2 Å². The molecule has 2 saturated heterocycles. The van der Waals surface area contributed by atoms with Crippen molar-refractivity contribution in [1.29, 1.82) is 4.78 Å². The lowest BCUT2D eigenvalue weighted by Crippen LogP contribution is -2.55. The zero-order valence-electron chi connectivity index (χ0n) is 18.3. The first-order valence-corrected chi connectivity index (χ1v) is 13.2. The van der Waals surface area contributed by atoms with Gasteiger partial charge >= 0.3 is 0 Å². The van der Waals surface area contributed by atoms with E-state index in [0.717, 1.165) is 44.5 Å². The maximum atomic E-state index is 13.3. The van der Waals surface area contributed by atoms with Crippen molar-refractivity contribution in [1.82, 2.24) is 15.0 Å². The van der Waals surface area contributed by atoms with Crippen molar-refractivity contribution in [2.24, 2.45) is 17.8 Å². The van der Waals surface area contributed by atoms with Crippen LogP contribution in [0.5, 0.6) is 0 Å². The van der Waals surface area contributed by atoms with Gasteiger partial charge < -0.3 is 4.90 Å². The van der Waals surface area contributed by atoms with Gasteiger partial charge in [0.05, 0.1) is 6.20 Å². The molecule has 1 amide bonds. The van der Waals surface area contributed by atoms with E-state index in [1.807, 2.05) is 15.8 Å². The first-order chi connectivity index (χ1) is 14.8. The molecule has 3 aliphatic rings. The van der Waals surface area contributed by atoms with Crippen molar-refractivity contribution < 1.29 is 9.00 Å². The van der Waals surface area contributed by atoms with Gasteiger partial charge in [-0.2, -0.15) is 0 Å². The molecule has 3 heterocycles. The van der Waals surface area contributed by atoms with Gasteiger partial charge in [-0.25, -0.2) is 4.21 Å². The summed E-state index contributed by atoms with van der Waals surface area (Å²) in [5, 5.41) is 8.07. The van der Waals surface area contributed by atoms with Crippen molar-refractivity contribution in [3.63, 3.8) is 0 Å². The zero-order valence-corrected chi connectivity index (χ0v) is 19.1. The summed E-state index contributed by atoms with van der Waals surface area (Å²) in [4.78, 5) is 15.3. The fourth-order valence-electron chi connectivity index (χ4n) is 6.00. The Hall–Kier alpha value is -2.22. The third-order valence-electron chi connectivity index (χ3n) is 7.72. The van der Waals surface area contributed by atoms with E-state index in [4.69, 9.17) is 4.78 Å². The maximum absolute atomic E-state index is 13.3. The van der Waals surface area contributed by atoms with Crippen LogP contribution in [-0.2, 0) is 21.1 Å². The first-order valence-electron chi connectivity index (χ1n) is 11.3. The van der Waals surface area contributed by atoms with Crippen molar-refractivity contribution in [3.8, 4) is 0 Å². The normalized spacial score (nSPS) is 33.1. The largest absolute Gasteiger partial charge is 0.312 e. The minimum Gasteiger partial charge on any atom is -0.312 e. The molecule has 7 nitrogen and oxygen atoms in total. The van der Waals surface area contributed by atoms with Gasteiger partial charge in [0.2, 0.25) is 5.91 Å². The smallest absolute Gasteiger partial charge is 0.230 e. The van der Waals surface area contributed by atoms with Gasteiger partial charge in [0.15, 0.2) is 0 Å². The van der Waals surface area contributed by atoms with Crippen molar-refractivity contribution in [2.75, 3.05) is 23.0 Å². The van der Waals surface area contributed by atoms with Crippen LogP contribution >= 0.6 is 0 Å². The number of carbonyl (C=O) groups excluding carboxylic acids is 1. The number of aromatic nitrogens is 3. The standard InChI is InChI=1S/C23H31N5O2S/c1-15-11-19(12-16(2)22(15)17-5-9-31(24,30)10-6-17)28-14-18(13-27-8-7-25-26-27)20-3-4-21(20)23(28)29/h7-8,11-12,17-18,20-21,24H,3-6,9-10,13-14H2,1-2H3. The van der Waals surface area contributed by atoms with Gasteiger partial charge in [-0.3, -0.25) is 14.3 Å². The molecule has 0 bridgehead atoms. The highest BCUT2D eigenvalue weighted by Gasteiger charge is 2.48. The van der Waals surface area contributed by atoms with E-state index in [2.05, 4.69) is 36.3 Å². The van der Waals surface area contributed by atoms with Gasteiger partial charge in [-0.15, -0.1) is 5.10 Å². The molecule has 1 saturated carbocycles. The van der Waals surface area contributed by atoms with Gasteiger partial charge in [0, 0.05) is 58.0 Å². The molecule has 1 N–H and O–H groups in total. The molecule has 3 atom stereocenters. The highest BCUT2D eigenvalue weighted by Crippen LogP contribution is 2.46. The molecule has 1 aromatic carbocycles. The van der Waals surface area contributed by atoms with Crippen LogP contribution < -0.4 is 4.90 Å². The summed E-state index contributed by atoms with van der Waals surface area (Å²) in [6, 6.07) is 4.33. The average Bonchev–Trinajstić information content (AvgIpc) is 3.17. The molecule has 3 unspecified atom stereocenters. The van der Waals surface area contributed by atoms with Gasteiger partial charge in [0.25, 0.3) is 0 Å². The quantitative estimate of drug-likeness (QED) is 0.786. The lowest BCUT2D eigenvalue weighted by Gasteiger charge is -2.49. The fraction of sp³-hybridized carbons (Fsp3) is 0.609. The van der Waals surface area contributed by atoms with Crippen molar-refractivity contribution in [3.05, 3.63) is 41.2 Å². The Labute approximate surface area is 184 Å². The van der Waals surface area contributed by atoms with E-state index in [1.54, 1.807) is 6.20 Å². The van der Waals surface area contributed by atoms with E-state index in [1.165, 1.54) is 16.7 Å². The Bertz CT molecular complexity index is 1060. The maximum Gasteiger partial charge on any atom is 0.230 e. The Kier molecular flexibility index (Phi) is 5.15. The summed E-state index contributed by atoms with van der Waals surface area (Å²) in [7, 11) is -2.38. The summed E-state index contributed by atoms with van der Waals surface area (Å²) >= 11 is 0. The second-order valence-corrected chi connectivity index (χ2v) is 12.1. The number of carbonyl (C=O) groups is 1. The number of aryl methyl sites for hydroxylation is 2. The molecule has 2 aliphatic heterocycles. The number of hydrogen-bond acceptors (Lipinski definition) is 5. The molecule has 0 radical (unpaired) electrons. The number of nitrogens with zero attached hydrogens (tertiary/aromatic N) is 4. The van der Waals surface area contributed by atoms with E-state index in [0.29, 0.717) is 29.3 Å². The number of piperidine rings is 1. The summed E-state index contributed by atoms with van der Waals surface area (Å²) in [6.45, 7) is 5.79. The number of anilines is 1. The van der Waals surface area contributed by atoms with E-state index < -0.39 is 9.73 Å². The number of amides is 1. The third-order valence-corrected chi connectivity index (χ3v) is 9.51. The number of fused-ring (bicyclic) bond motifs is 1. The van der Waals surface area contributed by atoms with Crippen molar-refractivity contribution in [2.45, 2.75) is 52.0 Å². The predicted molar refractivity (Wildman–Crippen MR) is 121 cm³/mol. The number of hydrogen-bond donors (Lipinski definition) is 1. The van der Waals surface area contributed by atoms with Crippen LogP contribution in [0.2, 0.25) is 0 Å². The molecule has 8 heteroatoms. The monoisotopic (exact) mass is 441 g/mol. The third kappa shape index (κ3) is 3.79. The minimum absolute atomic E-state index is 0.131. The Morgan fingerprint density at radius 1 is 1.13 bits per heavy atom. The summed E-state index contributed by atoms with van der Waals surface area (Å²) < 4.78 is 21.8. The first kappa shape index (κ1) is 20.7. The van der Waals surface area contributed by atoms with Crippen LogP contribution in [0.1, 0.15) is 48.3 Å². The Morgan fingerprint density at radius 2 is 1.84 bits per heavy atom. The zero-order chi connectivity index (χ0) is 21.8. The van der Waals surface area contributed by atoms with Crippen LogP contribution in [0.15, 0.2) is 24.5 Å². The average molecular weight is 442 g/mol. The second-order valence-electron chi connectivity index (χ2n) is 9.67. The fourth-order valence-corrected chi connectivity index (χ4v) is 7.54. The van der Waals surface area contributed by atoms with Gasteiger partial charge in [-0.1, -0.05) is 5.21 Å². The molecule has 1 aromatic heterocycles. The highest BCUT2D eigenvalue weighted by molar-refractivity contribution is 7.92. The molecule has 0 spiro atoms. The molecule has 31 heavy (non-hydrogen) atoms. The number of nitrogens with one attached hydrogen (secondary N) is 1. The van der Waals surface area contributed by atoms with Gasteiger partial charge in [0.1, 0.15) is 0 Å². The second kappa shape index (κ2) is 7.73. The molecule has 5 rings (SSSR count). The van der Waals surface area contributed by atoms with Crippen LogP contribution in [0.3, 0.4) is 0 Å². The van der Waals surface area contributed by atoms with E-state index in [9.17, 15) is 9.00 Å². The predicted octanol–water partition coefficient (Wildman–Crippen LogP) is 3.51. The lowest BCUT2D eigenvalue weighted by atomic mass is 9.64. The molecule has 2 aromatic rings. The Balaban J connectivity index is 1.40. The molecular weight excluding hydrogens is 410 g/mol. The molecule has 166 valence electrons. The summed E-state index contributed by atoms with van der Waals surface area (Å²) in [5.74, 6) is 2.60. The minimum atomic E-state index is -2.38. The van der Waals surface area contributed by atoms with Crippen LogP contribution in [0, 0.1) is 36.4 Å². The van der Waals surface area contributed by atoms with Crippen LogP contribution in [0.25, 0.3) is 0 Å². The SMILES string of the molecule is Cc1cc(N2CC(Cn3ccnn3)C3CCC3C2=O)cc(C)c1C1CCS(=N)(=O)CC1. The highest BCUT2D eigenvalue weighted by atomic mass is 32.2. The van der Waals surface area contributed by atoms with Gasteiger partial charge in [-0.05, 0) is 80.2 Å². The summed E-state index contributed by atoms with van der Waals surface area (Å²) in [6.07, 6.45) is 7.35. The lowest BCUT2D eigenvalue weighted by molar-refractivity contribution is -0.132. The molecule has 3 fully saturated rings. The van der Waals surface area contributed by atoms with E-state index in [-0.39, 0.29) is 11.8 Å². The Morgan fingerprint density at radius 3 is 2.42 bits per heavy atom. The molecular formula is C23H31N5O2S. The topological polar surface area (TPSA) is 91.9 Å². The summed E-state index contributed by atoms with van der Waals surface area (Å²) in [5.41, 5.74) is 4.73.